The average molecular weight is 257 g/mol. The maximum Gasteiger partial charge on any atom is 0.401 e. The largest absolute Gasteiger partial charge is 0.401 e. The van der Waals surface area contributed by atoms with Gasteiger partial charge in [0, 0.05) is 0 Å². The summed E-state index contributed by atoms with van der Waals surface area (Å²) in [5, 5.41) is 0. The molecule has 1 saturated heterocycles. The van der Waals surface area contributed by atoms with Crippen LogP contribution in [0.1, 0.15) is 29.9 Å². The Morgan fingerprint density at radius 1 is 1.22 bits per heavy atom. The molecular weight excluding hydrogens is 239 g/mol. The number of hydrogen-bond donors (Lipinski definition) is 0. The zero-order valence-corrected chi connectivity index (χ0v) is 10.5. The number of benzene rings is 1. The number of halogens is 3. The minimum absolute atomic E-state index is 0.411. The number of likely N-dealkylation sites (tertiary alicyclic amines) is 1. The summed E-state index contributed by atoms with van der Waals surface area (Å²) in [6, 6.07) is 8.29. The lowest BCUT2D eigenvalue weighted by Crippen LogP contribution is -2.39. The molecule has 1 aromatic rings. The second-order valence-electron chi connectivity index (χ2n) is 5.08. The molecule has 0 radical (unpaired) electrons. The Kier molecular flexibility index (Phi) is 3.95. The average Bonchev–Trinajstić information content (AvgIpc) is 2.28. The van der Waals surface area contributed by atoms with Crippen molar-refractivity contribution in [3.8, 4) is 0 Å². The number of aryl methyl sites for hydroxylation is 1. The predicted molar refractivity (Wildman–Crippen MR) is 65.6 cm³/mol. The maximum absolute atomic E-state index is 12.3. The predicted octanol–water partition coefficient (Wildman–Crippen LogP) is 3.74. The molecule has 1 aliphatic rings. The topological polar surface area (TPSA) is 3.24 Å². The minimum atomic E-state index is -4.07. The molecule has 0 unspecified atom stereocenters. The second kappa shape index (κ2) is 5.31. The number of nitrogens with zero attached hydrogens (tertiary/aromatic N) is 1. The zero-order chi connectivity index (χ0) is 13.2. The SMILES string of the molecule is Cc1cccc(C2CCN(CC(F)(F)F)CC2)c1. The van der Waals surface area contributed by atoms with Crippen LogP contribution in [0, 0.1) is 6.92 Å². The fourth-order valence-electron chi connectivity index (χ4n) is 2.60. The van der Waals surface area contributed by atoms with Crippen LogP contribution in [0.2, 0.25) is 0 Å². The minimum Gasteiger partial charge on any atom is -0.295 e. The Morgan fingerprint density at radius 2 is 1.89 bits per heavy atom. The van der Waals surface area contributed by atoms with E-state index >= 15 is 0 Å². The van der Waals surface area contributed by atoms with Crippen LogP contribution in [0.4, 0.5) is 13.2 Å². The molecule has 1 nitrogen and oxygen atoms in total. The number of alkyl halides is 3. The zero-order valence-electron chi connectivity index (χ0n) is 10.5. The van der Waals surface area contributed by atoms with Crippen molar-refractivity contribution < 1.29 is 13.2 Å². The van der Waals surface area contributed by atoms with Gasteiger partial charge in [0.2, 0.25) is 0 Å². The van der Waals surface area contributed by atoms with Gasteiger partial charge in [0.05, 0.1) is 6.54 Å². The van der Waals surface area contributed by atoms with Gasteiger partial charge in [0.1, 0.15) is 0 Å². The molecule has 4 heteroatoms. The van der Waals surface area contributed by atoms with Crippen LogP contribution >= 0.6 is 0 Å². The van der Waals surface area contributed by atoms with Crippen LogP contribution in [-0.4, -0.2) is 30.7 Å². The van der Waals surface area contributed by atoms with Gasteiger partial charge in [-0.2, -0.15) is 13.2 Å². The van der Waals surface area contributed by atoms with Crippen LogP contribution < -0.4 is 0 Å². The van der Waals surface area contributed by atoms with E-state index in [9.17, 15) is 13.2 Å². The lowest BCUT2D eigenvalue weighted by Gasteiger charge is -2.32. The fourth-order valence-corrected chi connectivity index (χ4v) is 2.60. The van der Waals surface area contributed by atoms with Gasteiger partial charge >= 0.3 is 6.18 Å². The summed E-state index contributed by atoms with van der Waals surface area (Å²) in [6.07, 6.45) is -2.44. The molecule has 0 bridgehead atoms. The molecule has 2 rings (SSSR count). The van der Waals surface area contributed by atoms with Gasteiger partial charge in [-0.3, -0.25) is 4.90 Å². The molecule has 100 valence electrons. The molecule has 18 heavy (non-hydrogen) atoms. The van der Waals surface area contributed by atoms with E-state index in [0.29, 0.717) is 19.0 Å². The van der Waals surface area contributed by atoms with Crippen molar-refractivity contribution in [3.05, 3.63) is 35.4 Å². The van der Waals surface area contributed by atoms with Crippen molar-refractivity contribution in [3.63, 3.8) is 0 Å². The molecule has 1 heterocycles. The molecule has 0 atom stereocenters. The molecule has 1 aliphatic heterocycles. The summed E-state index contributed by atoms with van der Waals surface area (Å²) >= 11 is 0. The van der Waals surface area contributed by atoms with Crippen molar-refractivity contribution in [1.82, 2.24) is 4.90 Å². The highest BCUT2D eigenvalue weighted by Gasteiger charge is 2.32. The highest BCUT2D eigenvalue weighted by Crippen LogP contribution is 2.29. The highest BCUT2D eigenvalue weighted by atomic mass is 19.4. The number of rotatable bonds is 2. The first kappa shape index (κ1) is 13.4. The Labute approximate surface area is 106 Å². The van der Waals surface area contributed by atoms with E-state index < -0.39 is 12.7 Å². The van der Waals surface area contributed by atoms with Crippen molar-refractivity contribution in [2.24, 2.45) is 0 Å². The molecule has 0 aromatic heterocycles. The van der Waals surface area contributed by atoms with Gasteiger partial charge in [0.25, 0.3) is 0 Å². The maximum atomic E-state index is 12.3. The van der Waals surface area contributed by atoms with Crippen molar-refractivity contribution in [2.75, 3.05) is 19.6 Å². The lowest BCUT2D eigenvalue weighted by molar-refractivity contribution is -0.147. The molecule has 1 aromatic carbocycles. The Hall–Kier alpha value is -1.03. The molecule has 0 amide bonds. The van der Waals surface area contributed by atoms with Crippen LogP contribution in [0.3, 0.4) is 0 Å². The summed E-state index contributed by atoms with van der Waals surface area (Å²) in [6.45, 7) is 2.35. The third-order valence-electron chi connectivity index (χ3n) is 3.50. The third kappa shape index (κ3) is 3.73. The molecule has 0 N–H and O–H groups in total. The van der Waals surface area contributed by atoms with Crippen molar-refractivity contribution in [1.29, 1.82) is 0 Å². The van der Waals surface area contributed by atoms with E-state index in [2.05, 4.69) is 12.1 Å². The first-order valence-electron chi connectivity index (χ1n) is 6.30. The fraction of sp³-hybridized carbons (Fsp3) is 0.571. The first-order chi connectivity index (χ1) is 8.44. The van der Waals surface area contributed by atoms with E-state index in [1.165, 1.54) is 16.0 Å². The number of piperidine rings is 1. The van der Waals surface area contributed by atoms with E-state index in [1.807, 2.05) is 19.1 Å². The smallest absolute Gasteiger partial charge is 0.295 e. The quantitative estimate of drug-likeness (QED) is 0.780. The van der Waals surface area contributed by atoms with Gasteiger partial charge in [-0.1, -0.05) is 29.8 Å². The van der Waals surface area contributed by atoms with Crippen molar-refractivity contribution in [2.45, 2.75) is 31.9 Å². The molecule has 0 aliphatic carbocycles. The van der Waals surface area contributed by atoms with Gasteiger partial charge in [-0.15, -0.1) is 0 Å². The van der Waals surface area contributed by atoms with Gasteiger partial charge in [-0.05, 0) is 44.3 Å². The van der Waals surface area contributed by atoms with Gasteiger partial charge in [0.15, 0.2) is 0 Å². The normalized spacial score (nSPS) is 19.1. The summed E-state index contributed by atoms with van der Waals surface area (Å²) in [5.74, 6) is 0.411. The second-order valence-corrected chi connectivity index (χ2v) is 5.08. The Bertz CT molecular complexity index is 392. The first-order valence-corrected chi connectivity index (χ1v) is 6.30. The van der Waals surface area contributed by atoms with E-state index in [-0.39, 0.29) is 0 Å². The summed E-state index contributed by atoms with van der Waals surface area (Å²) in [5.41, 5.74) is 2.48. The summed E-state index contributed by atoms with van der Waals surface area (Å²) in [7, 11) is 0. The highest BCUT2D eigenvalue weighted by molar-refractivity contribution is 5.25. The van der Waals surface area contributed by atoms with Crippen molar-refractivity contribution >= 4 is 0 Å². The molecule has 0 spiro atoms. The van der Waals surface area contributed by atoms with E-state index in [0.717, 1.165) is 12.8 Å². The Balaban J connectivity index is 1.91. The van der Waals surface area contributed by atoms with Crippen LogP contribution in [0.25, 0.3) is 0 Å². The molecule has 1 fully saturated rings. The van der Waals surface area contributed by atoms with Crippen LogP contribution in [0.5, 0.6) is 0 Å². The van der Waals surface area contributed by atoms with Gasteiger partial charge in [-0.25, -0.2) is 0 Å². The van der Waals surface area contributed by atoms with E-state index in [1.54, 1.807) is 0 Å². The Morgan fingerprint density at radius 3 is 2.44 bits per heavy atom. The monoisotopic (exact) mass is 257 g/mol. The van der Waals surface area contributed by atoms with Crippen LogP contribution in [-0.2, 0) is 0 Å². The van der Waals surface area contributed by atoms with Gasteiger partial charge < -0.3 is 0 Å². The standard InChI is InChI=1S/C14H18F3N/c1-11-3-2-4-13(9-11)12-5-7-18(8-6-12)10-14(15,16)17/h2-4,9,12H,5-8,10H2,1H3. The lowest BCUT2D eigenvalue weighted by atomic mass is 9.89. The molecule has 0 saturated carbocycles. The van der Waals surface area contributed by atoms with E-state index in [4.69, 9.17) is 0 Å². The summed E-state index contributed by atoms with van der Waals surface area (Å²) in [4.78, 5) is 1.51. The third-order valence-corrected chi connectivity index (χ3v) is 3.50. The number of hydrogen-bond acceptors (Lipinski definition) is 1. The van der Waals surface area contributed by atoms with Crippen LogP contribution in [0.15, 0.2) is 24.3 Å². The summed E-state index contributed by atoms with van der Waals surface area (Å²) < 4.78 is 36.8. The molecular formula is C14H18F3N.